The van der Waals surface area contributed by atoms with Gasteiger partial charge in [0.15, 0.2) is 5.82 Å². The summed E-state index contributed by atoms with van der Waals surface area (Å²) in [5.74, 6) is -0.591. The zero-order chi connectivity index (χ0) is 15.5. The standard InChI is InChI=1S/C15H14F2N4O/c16-12-3-1-2-11(6-12)9-20-4-5-21(10-14(20)22)15-18-7-13(17)8-19-15/h1-3,6-8H,4-5,9-10H2. The van der Waals surface area contributed by atoms with E-state index in [1.807, 2.05) is 0 Å². The van der Waals surface area contributed by atoms with Gasteiger partial charge < -0.3 is 9.80 Å². The molecule has 1 aliphatic rings. The molecule has 3 rings (SSSR count). The SMILES string of the molecule is O=C1CN(c2ncc(F)cn2)CCN1Cc1cccc(F)c1. The van der Waals surface area contributed by atoms with Crippen LogP contribution in [0.3, 0.4) is 0 Å². The van der Waals surface area contributed by atoms with Crippen molar-refractivity contribution >= 4 is 11.9 Å². The Bertz CT molecular complexity index is 677. The third-order valence-electron chi connectivity index (χ3n) is 3.47. The number of benzene rings is 1. The monoisotopic (exact) mass is 304 g/mol. The number of carbonyl (C=O) groups excluding carboxylic acids is 1. The molecule has 1 aliphatic heterocycles. The molecule has 5 nitrogen and oxygen atoms in total. The Kier molecular flexibility index (Phi) is 3.95. The molecule has 0 aliphatic carbocycles. The highest BCUT2D eigenvalue weighted by molar-refractivity contribution is 5.82. The van der Waals surface area contributed by atoms with Crippen molar-refractivity contribution in [3.8, 4) is 0 Å². The van der Waals surface area contributed by atoms with Crippen molar-refractivity contribution in [3.63, 3.8) is 0 Å². The summed E-state index contributed by atoms with van der Waals surface area (Å²) in [5, 5.41) is 0. The van der Waals surface area contributed by atoms with Crippen LogP contribution in [-0.2, 0) is 11.3 Å². The fraction of sp³-hybridized carbons (Fsp3) is 0.267. The van der Waals surface area contributed by atoms with Crippen molar-refractivity contribution in [3.05, 3.63) is 53.9 Å². The van der Waals surface area contributed by atoms with Crippen molar-refractivity contribution in [2.45, 2.75) is 6.54 Å². The predicted octanol–water partition coefficient (Wildman–Crippen LogP) is 1.60. The van der Waals surface area contributed by atoms with Crippen LogP contribution in [0.2, 0.25) is 0 Å². The Morgan fingerprint density at radius 2 is 1.86 bits per heavy atom. The minimum absolute atomic E-state index is 0.0940. The van der Waals surface area contributed by atoms with Gasteiger partial charge >= 0.3 is 0 Å². The Hall–Kier alpha value is -2.57. The van der Waals surface area contributed by atoms with E-state index in [0.717, 1.165) is 18.0 Å². The van der Waals surface area contributed by atoms with E-state index in [9.17, 15) is 13.6 Å². The second kappa shape index (κ2) is 6.05. The van der Waals surface area contributed by atoms with Gasteiger partial charge in [-0.05, 0) is 17.7 Å². The van der Waals surface area contributed by atoms with E-state index in [0.29, 0.717) is 25.6 Å². The molecular weight excluding hydrogens is 290 g/mol. The van der Waals surface area contributed by atoms with Crippen LogP contribution in [0.1, 0.15) is 5.56 Å². The largest absolute Gasteiger partial charge is 0.335 e. The lowest BCUT2D eigenvalue weighted by atomic mass is 10.2. The molecule has 0 spiro atoms. The van der Waals surface area contributed by atoms with Crippen LogP contribution < -0.4 is 4.90 Å². The molecule has 1 aromatic heterocycles. The zero-order valence-electron chi connectivity index (χ0n) is 11.7. The molecule has 1 fully saturated rings. The summed E-state index contributed by atoms with van der Waals surface area (Å²) in [5.41, 5.74) is 0.750. The molecule has 2 heterocycles. The predicted molar refractivity (Wildman–Crippen MR) is 76.0 cm³/mol. The lowest BCUT2D eigenvalue weighted by molar-refractivity contribution is -0.131. The summed E-state index contributed by atoms with van der Waals surface area (Å²) in [4.78, 5) is 23.3. The molecule has 7 heteroatoms. The summed E-state index contributed by atoms with van der Waals surface area (Å²) >= 11 is 0. The molecule has 114 valence electrons. The van der Waals surface area contributed by atoms with Crippen LogP contribution in [0.25, 0.3) is 0 Å². The van der Waals surface area contributed by atoms with E-state index in [-0.39, 0.29) is 18.3 Å². The van der Waals surface area contributed by atoms with E-state index < -0.39 is 5.82 Å². The third kappa shape index (κ3) is 3.19. The number of piperazine rings is 1. The van der Waals surface area contributed by atoms with Crippen LogP contribution in [0.4, 0.5) is 14.7 Å². The highest BCUT2D eigenvalue weighted by Gasteiger charge is 2.25. The summed E-state index contributed by atoms with van der Waals surface area (Å²) in [7, 11) is 0. The smallest absolute Gasteiger partial charge is 0.242 e. The van der Waals surface area contributed by atoms with Gasteiger partial charge in [0.2, 0.25) is 11.9 Å². The van der Waals surface area contributed by atoms with E-state index in [1.165, 1.54) is 12.1 Å². The molecule has 0 saturated carbocycles. The lowest BCUT2D eigenvalue weighted by Gasteiger charge is -2.34. The van der Waals surface area contributed by atoms with Gasteiger partial charge in [-0.2, -0.15) is 0 Å². The summed E-state index contributed by atoms with van der Waals surface area (Å²) in [6.07, 6.45) is 2.15. The molecular formula is C15H14F2N4O. The number of hydrogen-bond donors (Lipinski definition) is 0. The average molecular weight is 304 g/mol. The first-order valence-corrected chi connectivity index (χ1v) is 6.86. The van der Waals surface area contributed by atoms with Crippen LogP contribution in [-0.4, -0.2) is 40.4 Å². The molecule has 0 radical (unpaired) electrons. The topological polar surface area (TPSA) is 49.3 Å². The third-order valence-corrected chi connectivity index (χ3v) is 3.47. The number of nitrogens with zero attached hydrogens (tertiary/aromatic N) is 4. The number of halogens is 2. The Morgan fingerprint density at radius 3 is 2.55 bits per heavy atom. The number of amides is 1. The Morgan fingerprint density at radius 1 is 1.09 bits per heavy atom. The van der Waals surface area contributed by atoms with E-state index in [2.05, 4.69) is 9.97 Å². The molecule has 0 unspecified atom stereocenters. The van der Waals surface area contributed by atoms with Crippen LogP contribution in [0, 0.1) is 11.6 Å². The number of hydrogen-bond acceptors (Lipinski definition) is 4. The number of anilines is 1. The van der Waals surface area contributed by atoms with Crippen LogP contribution in [0.5, 0.6) is 0 Å². The second-order valence-corrected chi connectivity index (χ2v) is 5.07. The van der Waals surface area contributed by atoms with Crippen LogP contribution in [0.15, 0.2) is 36.7 Å². The number of carbonyl (C=O) groups is 1. The van der Waals surface area contributed by atoms with Gasteiger partial charge in [-0.25, -0.2) is 18.7 Å². The molecule has 1 saturated heterocycles. The molecule has 0 bridgehead atoms. The van der Waals surface area contributed by atoms with Gasteiger partial charge in [0.1, 0.15) is 12.4 Å². The van der Waals surface area contributed by atoms with Crippen molar-refractivity contribution in [2.75, 3.05) is 24.5 Å². The van der Waals surface area contributed by atoms with E-state index in [4.69, 9.17) is 0 Å². The van der Waals surface area contributed by atoms with Crippen molar-refractivity contribution in [1.29, 1.82) is 0 Å². The fourth-order valence-electron chi connectivity index (χ4n) is 2.37. The second-order valence-electron chi connectivity index (χ2n) is 5.07. The first-order chi connectivity index (χ1) is 10.6. The van der Waals surface area contributed by atoms with Gasteiger partial charge in [-0.15, -0.1) is 0 Å². The zero-order valence-corrected chi connectivity index (χ0v) is 11.7. The summed E-state index contributed by atoms with van der Waals surface area (Å²) in [6.45, 7) is 1.53. The van der Waals surface area contributed by atoms with Gasteiger partial charge in [-0.1, -0.05) is 12.1 Å². The lowest BCUT2D eigenvalue weighted by Crippen LogP contribution is -2.50. The first-order valence-electron chi connectivity index (χ1n) is 6.86. The molecule has 22 heavy (non-hydrogen) atoms. The van der Waals surface area contributed by atoms with Gasteiger partial charge in [-0.3, -0.25) is 4.79 Å². The normalized spacial score (nSPS) is 15.3. The first kappa shape index (κ1) is 14.4. The Labute approximate surface area is 126 Å². The summed E-state index contributed by atoms with van der Waals surface area (Å²) < 4.78 is 26.0. The fourth-order valence-corrected chi connectivity index (χ4v) is 2.37. The number of aromatic nitrogens is 2. The molecule has 0 atom stereocenters. The van der Waals surface area contributed by atoms with E-state index in [1.54, 1.807) is 21.9 Å². The van der Waals surface area contributed by atoms with Gasteiger partial charge in [0.25, 0.3) is 0 Å². The molecule has 1 aromatic carbocycles. The summed E-state index contributed by atoms with van der Waals surface area (Å²) in [6, 6.07) is 6.20. The van der Waals surface area contributed by atoms with Crippen LogP contribution >= 0.6 is 0 Å². The van der Waals surface area contributed by atoms with E-state index >= 15 is 0 Å². The quantitative estimate of drug-likeness (QED) is 0.864. The maximum absolute atomic E-state index is 13.2. The maximum atomic E-state index is 13.2. The van der Waals surface area contributed by atoms with Crippen molar-refractivity contribution in [2.24, 2.45) is 0 Å². The average Bonchev–Trinajstić information content (AvgIpc) is 2.50. The minimum Gasteiger partial charge on any atom is -0.335 e. The van der Waals surface area contributed by atoms with Gasteiger partial charge in [0.05, 0.1) is 12.4 Å². The number of rotatable bonds is 3. The maximum Gasteiger partial charge on any atom is 0.242 e. The van der Waals surface area contributed by atoms with Crippen molar-refractivity contribution in [1.82, 2.24) is 14.9 Å². The Balaban J connectivity index is 1.65. The molecule has 0 N–H and O–H groups in total. The molecule has 2 aromatic rings. The minimum atomic E-state index is -0.514. The van der Waals surface area contributed by atoms with Gasteiger partial charge in [0, 0.05) is 19.6 Å². The highest BCUT2D eigenvalue weighted by atomic mass is 19.1. The molecule has 1 amide bonds. The highest BCUT2D eigenvalue weighted by Crippen LogP contribution is 2.14. The van der Waals surface area contributed by atoms with Crippen molar-refractivity contribution < 1.29 is 13.6 Å².